The third-order valence-electron chi connectivity index (χ3n) is 4.82. The highest BCUT2D eigenvalue weighted by Gasteiger charge is 2.10. The monoisotopic (exact) mass is 407 g/mol. The van der Waals surface area contributed by atoms with Gasteiger partial charge in [0.05, 0.1) is 9.22 Å². The van der Waals surface area contributed by atoms with Gasteiger partial charge in [-0.15, -0.1) is 0 Å². The van der Waals surface area contributed by atoms with Gasteiger partial charge in [-0.05, 0) is 67.7 Å². The summed E-state index contributed by atoms with van der Waals surface area (Å²) in [4.78, 5) is 0. The third-order valence-corrected chi connectivity index (χ3v) is 5.85. The number of halogens is 1. The molecule has 1 heterocycles. The third kappa shape index (κ3) is 1.84. The Morgan fingerprint density at radius 2 is 1.35 bits per heavy atom. The van der Waals surface area contributed by atoms with E-state index in [9.17, 15) is 0 Å². The number of hydrogen-bond acceptors (Lipinski definition) is 0. The molecule has 0 saturated heterocycles. The molecule has 0 bridgehead atoms. The molecule has 0 fully saturated rings. The van der Waals surface area contributed by atoms with E-state index in [1.807, 2.05) is 0 Å². The lowest BCUT2D eigenvalue weighted by Crippen LogP contribution is -1.90. The molecule has 0 radical (unpaired) electrons. The van der Waals surface area contributed by atoms with Crippen LogP contribution in [0, 0.1) is 3.70 Å². The molecule has 0 saturated carbocycles. The average Bonchev–Trinajstić information content (AvgIpc) is 2.87. The second-order valence-electron chi connectivity index (χ2n) is 6.11. The summed E-state index contributed by atoms with van der Waals surface area (Å²) in [5.74, 6) is 0. The fourth-order valence-electron chi connectivity index (χ4n) is 3.65. The van der Waals surface area contributed by atoms with Gasteiger partial charge in [-0.25, -0.2) is 0 Å². The van der Waals surface area contributed by atoms with Crippen molar-refractivity contribution in [2.75, 3.05) is 0 Å². The van der Waals surface area contributed by atoms with Crippen LogP contribution in [0.25, 0.3) is 43.2 Å². The first-order valence-corrected chi connectivity index (χ1v) is 8.79. The zero-order chi connectivity index (χ0) is 15.6. The van der Waals surface area contributed by atoms with E-state index < -0.39 is 0 Å². The number of hydrogen-bond donors (Lipinski definition) is 0. The van der Waals surface area contributed by atoms with Crippen LogP contribution >= 0.6 is 22.6 Å². The Morgan fingerprint density at radius 1 is 0.652 bits per heavy atom. The molecule has 1 aromatic heterocycles. The minimum Gasteiger partial charge on any atom is -0.339 e. The van der Waals surface area contributed by atoms with Crippen LogP contribution in [-0.4, -0.2) is 4.57 Å². The highest BCUT2D eigenvalue weighted by Crippen LogP contribution is 2.34. The fraction of sp³-hybridized carbons (Fsp3) is 0.0476. The first-order valence-electron chi connectivity index (χ1n) is 7.71. The van der Waals surface area contributed by atoms with Crippen molar-refractivity contribution in [3.8, 4) is 0 Å². The Morgan fingerprint density at radius 3 is 2.17 bits per heavy atom. The number of aryl methyl sites for hydroxylation is 1. The minimum absolute atomic E-state index is 1.27. The van der Waals surface area contributed by atoms with Crippen molar-refractivity contribution in [1.82, 2.24) is 4.57 Å². The Labute approximate surface area is 147 Å². The van der Waals surface area contributed by atoms with E-state index in [1.165, 1.54) is 46.9 Å². The van der Waals surface area contributed by atoms with E-state index in [0.29, 0.717) is 0 Å². The molecule has 23 heavy (non-hydrogen) atoms. The van der Waals surface area contributed by atoms with Crippen molar-refractivity contribution in [1.29, 1.82) is 0 Å². The molecular weight excluding hydrogens is 393 g/mol. The molecule has 4 aromatic carbocycles. The van der Waals surface area contributed by atoms with Crippen LogP contribution < -0.4 is 0 Å². The molecular formula is C21H14IN. The van der Waals surface area contributed by atoms with E-state index in [-0.39, 0.29) is 0 Å². The van der Waals surface area contributed by atoms with Gasteiger partial charge in [0.2, 0.25) is 0 Å². The molecule has 0 amide bonds. The predicted octanol–water partition coefficient (Wildman–Crippen LogP) is 6.24. The number of benzene rings is 4. The van der Waals surface area contributed by atoms with Gasteiger partial charge in [0, 0.05) is 17.8 Å². The lowest BCUT2D eigenvalue weighted by Gasteiger charge is -2.09. The van der Waals surface area contributed by atoms with E-state index in [0.717, 1.165) is 0 Å². The quantitative estimate of drug-likeness (QED) is 0.163. The SMILES string of the molecule is Cn1c(I)cc2ccc3c4cc5ccccc5cc4ccc3c21. The molecule has 0 unspecified atom stereocenters. The van der Waals surface area contributed by atoms with Crippen molar-refractivity contribution < 1.29 is 0 Å². The first kappa shape index (κ1) is 13.4. The summed E-state index contributed by atoms with van der Waals surface area (Å²) in [5.41, 5.74) is 1.32. The van der Waals surface area contributed by atoms with Gasteiger partial charge in [-0.3, -0.25) is 0 Å². The van der Waals surface area contributed by atoms with Crippen molar-refractivity contribution >= 4 is 65.8 Å². The summed E-state index contributed by atoms with van der Waals surface area (Å²) in [5, 5.41) is 9.21. The smallest absolute Gasteiger partial charge is 0.0806 e. The summed E-state index contributed by atoms with van der Waals surface area (Å²) < 4.78 is 3.55. The van der Waals surface area contributed by atoms with Crippen LogP contribution in [0.5, 0.6) is 0 Å². The van der Waals surface area contributed by atoms with Gasteiger partial charge >= 0.3 is 0 Å². The highest BCUT2D eigenvalue weighted by atomic mass is 127. The molecule has 0 aliphatic carbocycles. The van der Waals surface area contributed by atoms with Crippen LogP contribution in [0.4, 0.5) is 0 Å². The Balaban J connectivity index is 2.02. The van der Waals surface area contributed by atoms with E-state index in [1.54, 1.807) is 0 Å². The zero-order valence-electron chi connectivity index (χ0n) is 12.7. The van der Waals surface area contributed by atoms with E-state index in [4.69, 9.17) is 0 Å². The lowest BCUT2D eigenvalue weighted by molar-refractivity contribution is 0.941. The van der Waals surface area contributed by atoms with E-state index >= 15 is 0 Å². The van der Waals surface area contributed by atoms with Crippen molar-refractivity contribution in [3.05, 3.63) is 70.4 Å². The number of rotatable bonds is 0. The molecule has 0 aliphatic rings. The molecule has 0 spiro atoms. The standard InChI is InChI=1S/C21H14IN/c1-23-20(22)12-16-7-8-17-18(21(16)23)9-6-15-10-13-4-2-3-5-14(13)11-19(15)17/h2-12H,1H3. The summed E-state index contributed by atoms with van der Waals surface area (Å²) in [7, 11) is 2.15. The van der Waals surface area contributed by atoms with Crippen LogP contribution in [0.3, 0.4) is 0 Å². The normalized spacial score (nSPS) is 11.9. The van der Waals surface area contributed by atoms with Gasteiger partial charge < -0.3 is 4.57 Å². The fourth-order valence-corrected chi connectivity index (χ4v) is 4.23. The number of fused-ring (bicyclic) bond motifs is 6. The maximum absolute atomic E-state index is 2.40. The van der Waals surface area contributed by atoms with Gasteiger partial charge in [0.15, 0.2) is 0 Å². The Kier molecular flexibility index (Phi) is 2.74. The summed E-state index contributed by atoms with van der Waals surface area (Å²) in [6.45, 7) is 0. The van der Waals surface area contributed by atoms with Gasteiger partial charge in [0.25, 0.3) is 0 Å². The molecule has 2 heteroatoms. The molecule has 5 rings (SSSR count). The molecule has 0 atom stereocenters. The molecule has 0 aliphatic heterocycles. The Hall–Kier alpha value is -2.07. The molecule has 5 aromatic rings. The maximum atomic E-state index is 2.40. The largest absolute Gasteiger partial charge is 0.339 e. The summed E-state index contributed by atoms with van der Waals surface area (Å²) in [6, 6.07) is 24.5. The summed E-state index contributed by atoms with van der Waals surface area (Å²) in [6.07, 6.45) is 0. The van der Waals surface area contributed by atoms with Crippen molar-refractivity contribution in [2.45, 2.75) is 0 Å². The minimum atomic E-state index is 1.27. The number of nitrogens with zero attached hydrogens (tertiary/aromatic N) is 1. The highest BCUT2D eigenvalue weighted by molar-refractivity contribution is 14.1. The van der Waals surface area contributed by atoms with Crippen LogP contribution in [0.15, 0.2) is 66.7 Å². The van der Waals surface area contributed by atoms with Gasteiger partial charge in [-0.2, -0.15) is 0 Å². The van der Waals surface area contributed by atoms with Crippen molar-refractivity contribution in [3.63, 3.8) is 0 Å². The Bertz CT molecular complexity index is 1230. The summed E-state index contributed by atoms with van der Waals surface area (Å²) >= 11 is 2.40. The zero-order valence-corrected chi connectivity index (χ0v) is 14.8. The van der Waals surface area contributed by atoms with Crippen LogP contribution in [0.1, 0.15) is 0 Å². The molecule has 110 valence electrons. The van der Waals surface area contributed by atoms with E-state index in [2.05, 4.69) is 101 Å². The second kappa shape index (κ2) is 4.71. The first-order chi connectivity index (χ1) is 11.2. The van der Waals surface area contributed by atoms with Gasteiger partial charge in [-0.1, -0.05) is 48.5 Å². The van der Waals surface area contributed by atoms with Crippen LogP contribution in [0.2, 0.25) is 0 Å². The van der Waals surface area contributed by atoms with Crippen molar-refractivity contribution in [2.24, 2.45) is 7.05 Å². The molecule has 0 N–H and O–H groups in total. The van der Waals surface area contributed by atoms with Crippen LogP contribution in [-0.2, 0) is 7.05 Å². The predicted molar refractivity (Wildman–Crippen MR) is 108 cm³/mol. The average molecular weight is 407 g/mol. The maximum Gasteiger partial charge on any atom is 0.0806 e. The lowest BCUT2D eigenvalue weighted by atomic mass is 9.97. The second-order valence-corrected chi connectivity index (χ2v) is 7.22. The molecule has 1 nitrogen and oxygen atoms in total. The van der Waals surface area contributed by atoms with Gasteiger partial charge in [0.1, 0.15) is 0 Å². The topological polar surface area (TPSA) is 4.93 Å². The number of aromatic nitrogens is 1.